The summed E-state index contributed by atoms with van der Waals surface area (Å²) in [6.45, 7) is 1.99. The summed E-state index contributed by atoms with van der Waals surface area (Å²) in [7, 11) is 0. The molecule has 54 heavy (non-hydrogen) atoms. The van der Waals surface area contributed by atoms with Crippen molar-refractivity contribution in [3.63, 3.8) is 0 Å². The van der Waals surface area contributed by atoms with E-state index in [2.05, 4.69) is 5.32 Å². The Labute approximate surface area is 309 Å². The van der Waals surface area contributed by atoms with Crippen LogP contribution in [0.1, 0.15) is 59.6 Å². The van der Waals surface area contributed by atoms with Crippen LogP contribution in [0.5, 0.6) is 17.2 Å². The predicted octanol–water partition coefficient (Wildman–Crippen LogP) is 8.02. The van der Waals surface area contributed by atoms with Crippen LogP contribution in [0.3, 0.4) is 0 Å². The van der Waals surface area contributed by atoms with Gasteiger partial charge in [-0.2, -0.15) is 13.2 Å². The monoisotopic (exact) mass is 752 g/mol. The molecule has 2 aliphatic heterocycles. The van der Waals surface area contributed by atoms with Crippen molar-refractivity contribution in [2.24, 2.45) is 0 Å². The number of hydrogen-bond acceptors (Lipinski definition) is 6. The van der Waals surface area contributed by atoms with Gasteiger partial charge in [0.1, 0.15) is 11.3 Å². The van der Waals surface area contributed by atoms with E-state index in [1.165, 1.54) is 0 Å². The molecule has 0 aliphatic carbocycles. The zero-order valence-electron chi connectivity index (χ0n) is 29.6. The lowest BCUT2D eigenvalue weighted by Crippen LogP contribution is -2.48. The first-order chi connectivity index (χ1) is 25.9. The number of imide groups is 1. The lowest BCUT2D eigenvalue weighted by Gasteiger charge is -2.31. The topological polar surface area (TPSA) is 97.3 Å². The molecule has 0 bridgehead atoms. The largest absolute Gasteiger partial charge is 0.493 e. The molecule has 1 fully saturated rings. The summed E-state index contributed by atoms with van der Waals surface area (Å²) in [6, 6.07) is 24.8. The second-order valence-electron chi connectivity index (χ2n) is 13.4. The number of alkyl halides is 5. The average molecular weight is 753 g/mol. The zero-order chi connectivity index (χ0) is 38.5. The van der Waals surface area contributed by atoms with E-state index < -0.39 is 41.2 Å². The van der Waals surface area contributed by atoms with Crippen molar-refractivity contribution < 1.29 is 50.9 Å². The van der Waals surface area contributed by atoms with Crippen LogP contribution >= 0.6 is 0 Å². The first kappa shape index (κ1) is 38.6. The molecule has 2 atom stereocenters. The lowest BCUT2D eigenvalue weighted by atomic mass is 9.87. The van der Waals surface area contributed by atoms with Gasteiger partial charge in [-0.25, -0.2) is 13.6 Å². The van der Waals surface area contributed by atoms with E-state index in [4.69, 9.17) is 14.2 Å². The Bertz CT molecular complexity index is 1880. The molecule has 2 N–H and O–H groups in total. The quantitative estimate of drug-likeness (QED) is 0.0684. The van der Waals surface area contributed by atoms with Gasteiger partial charge in [0.25, 0.3) is 12.3 Å². The highest BCUT2D eigenvalue weighted by Gasteiger charge is 2.62. The third kappa shape index (κ3) is 7.73. The van der Waals surface area contributed by atoms with Gasteiger partial charge in [-0.1, -0.05) is 73.7 Å². The summed E-state index contributed by atoms with van der Waals surface area (Å²) in [5, 5.41) is 13.4. The van der Waals surface area contributed by atoms with Gasteiger partial charge in [-0.15, -0.1) is 0 Å². The molecule has 0 radical (unpaired) electrons. The van der Waals surface area contributed by atoms with E-state index in [-0.39, 0.29) is 49.7 Å². The number of amides is 3. The molecular formula is C41H41F5N2O6. The maximum Gasteiger partial charge on any atom is 0.427 e. The molecule has 4 aromatic carbocycles. The normalized spacial score (nSPS) is 17.9. The lowest BCUT2D eigenvalue weighted by molar-refractivity contribution is -0.305. The fraction of sp³-hybridized carbons (Fsp3) is 0.366. The maximum absolute atomic E-state index is 14.2. The minimum Gasteiger partial charge on any atom is -0.493 e. The van der Waals surface area contributed by atoms with Crippen molar-refractivity contribution in [3.8, 4) is 17.2 Å². The molecule has 2 unspecified atom stereocenters. The third-order valence-electron chi connectivity index (χ3n) is 10.1. The minimum atomic E-state index is -5.66. The van der Waals surface area contributed by atoms with Crippen molar-refractivity contribution in [1.29, 1.82) is 0 Å². The van der Waals surface area contributed by atoms with Crippen molar-refractivity contribution in [2.75, 3.05) is 19.9 Å². The number of ether oxygens (including phenoxy) is 3. The van der Waals surface area contributed by atoms with Gasteiger partial charge in [0.2, 0.25) is 12.4 Å². The molecule has 0 spiro atoms. The van der Waals surface area contributed by atoms with Crippen LogP contribution in [0.15, 0.2) is 91.0 Å². The number of nitrogens with zero attached hydrogens (tertiary/aromatic N) is 1. The molecule has 2 heterocycles. The Morgan fingerprint density at radius 2 is 1.43 bits per heavy atom. The fourth-order valence-electron chi connectivity index (χ4n) is 6.97. The van der Waals surface area contributed by atoms with Gasteiger partial charge < -0.3 is 24.6 Å². The van der Waals surface area contributed by atoms with Crippen LogP contribution in [0.2, 0.25) is 0 Å². The number of benzene rings is 4. The van der Waals surface area contributed by atoms with Crippen molar-refractivity contribution in [1.82, 2.24) is 10.2 Å². The maximum atomic E-state index is 14.2. The molecular weight excluding hydrogens is 711 g/mol. The number of aryl methyl sites for hydroxylation is 4. The van der Waals surface area contributed by atoms with Crippen LogP contribution < -0.4 is 19.5 Å². The molecule has 3 amide bonds. The molecule has 0 saturated carbocycles. The summed E-state index contributed by atoms with van der Waals surface area (Å²) in [4.78, 5) is 28.0. The first-order valence-corrected chi connectivity index (χ1v) is 17.9. The van der Waals surface area contributed by atoms with Crippen molar-refractivity contribution >= 4 is 11.9 Å². The van der Waals surface area contributed by atoms with E-state index in [0.717, 1.165) is 28.2 Å². The number of rotatable bonds is 16. The van der Waals surface area contributed by atoms with Crippen molar-refractivity contribution in [2.45, 2.75) is 75.6 Å². The van der Waals surface area contributed by atoms with E-state index in [0.29, 0.717) is 49.2 Å². The SMILES string of the molecule is CCC1(c2ccc3c(c2)OCO3)NC(=O)N(CCCCOc2c(CCc3ccccc3)cc(C(O)(C(F)F)C(F)(F)F)cc2CCc2ccccc2)C1=O. The Morgan fingerprint density at radius 1 is 0.833 bits per heavy atom. The van der Waals surface area contributed by atoms with Crippen LogP contribution in [0.4, 0.5) is 26.7 Å². The molecule has 0 aromatic heterocycles. The Balaban J connectivity index is 1.22. The number of nitrogens with one attached hydrogen (secondary N) is 1. The molecule has 1 saturated heterocycles. The van der Waals surface area contributed by atoms with Gasteiger partial charge in [0.15, 0.2) is 11.5 Å². The highest BCUT2D eigenvalue weighted by atomic mass is 19.4. The second-order valence-corrected chi connectivity index (χ2v) is 13.4. The smallest absolute Gasteiger partial charge is 0.427 e. The van der Waals surface area contributed by atoms with Crippen LogP contribution in [-0.4, -0.2) is 54.5 Å². The third-order valence-corrected chi connectivity index (χ3v) is 10.1. The second kappa shape index (κ2) is 16.1. The highest BCUT2D eigenvalue weighted by molar-refractivity contribution is 6.07. The Kier molecular flexibility index (Phi) is 11.5. The van der Waals surface area contributed by atoms with Crippen LogP contribution in [0.25, 0.3) is 0 Å². The van der Waals surface area contributed by atoms with Gasteiger partial charge in [-0.05, 0) is 103 Å². The van der Waals surface area contributed by atoms with Gasteiger partial charge in [0, 0.05) is 6.54 Å². The molecule has 8 nitrogen and oxygen atoms in total. The summed E-state index contributed by atoms with van der Waals surface area (Å²) >= 11 is 0. The fourth-order valence-corrected chi connectivity index (χ4v) is 6.97. The number of halogens is 5. The number of carbonyl (C=O) groups is 2. The molecule has 2 aliphatic rings. The van der Waals surface area contributed by atoms with E-state index in [1.54, 1.807) is 25.1 Å². The van der Waals surface area contributed by atoms with E-state index in [9.17, 15) is 36.6 Å². The first-order valence-electron chi connectivity index (χ1n) is 17.9. The van der Waals surface area contributed by atoms with E-state index >= 15 is 0 Å². The number of aliphatic hydroxyl groups is 1. The molecule has 6 rings (SSSR count). The number of carbonyl (C=O) groups excluding carboxylic acids is 2. The minimum absolute atomic E-state index is 0.0547. The number of unbranched alkanes of at least 4 members (excludes halogenated alkanes) is 1. The zero-order valence-corrected chi connectivity index (χ0v) is 29.6. The molecule has 286 valence electrons. The summed E-state index contributed by atoms with van der Waals surface area (Å²) in [5.74, 6) is 0.875. The van der Waals surface area contributed by atoms with Gasteiger partial charge >= 0.3 is 12.2 Å². The van der Waals surface area contributed by atoms with E-state index in [1.807, 2.05) is 60.7 Å². The molecule has 4 aromatic rings. The van der Waals surface area contributed by atoms with Crippen LogP contribution in [-0.2, 0) is 41.6 Å². The van der Waals surface area contributed by atoms with Gasteiger partial charge in [0.05, 0.1) is 6.61 Å². The standard InChI is InChI=1S/C41H41F5N2O6/c1-2-39(31-19-20-33-34(25-31)54-26-53-33)37(49)48(38(50)47-39)21-9-10-22-52-35-29(17-15-27-11-5-3-6-12-27)23-32(40(51,36(42)43)41(44,45)46)24-30(35)18-16-28-13-7-4-8-14-28/h3-8,11-14,19-20,23-25,36,51H,2,9-10,15-18,21-22,26H2,1H3,(H,47,50). The summed E-state index contributed by atoms with van der Waals surface area (Å²) in [5.41, 5.74) is -3.84. The molecule has 13 heteroatoms. The Morgan fingerprint density at radius 3 is 1.98 bits per heavy atom. The number of hydrogen-bond donors (Lipinski definition) is 2. The average Bonchev–Trinajstić information content (AvgIpc) is 3.74. The number of urea groups is 1. The number of fused-ring (bicyclic) bond motifs is 1. The summed E-state index contributed by atoms with van der Waals surface area (Å²) < 4.78 is 87.9. The predicted molar refractivity (Wildman–Crippen MR) is 190 cm³/mol. The van der Waals surface area contributed by atoms with Gasteiger partial charge in [-0.3, -0.25) is 9.69 Å². The van der Waals surface area contributed by atoms with Crippen molar-refractivity contribution in [3.05, 3.63) is 124 Å². The summed E-state index contributed by atoms with van der Waals surface area (Å²) in [6.07, 6.45) is -7.80. The highest BCUT2D eigenvalue weighted by Crippen LogP contribution is 2.46. The Hall–Kier alpha value is -5.17. The van der Waals surface area contributed by atoms with Crippen LogP contribution in [0, 0.1) is 0 Å².